The first-order chi connectivity index (χ1) is 31.6. The molecule has 0 bridgehead atoms. The molecule has 65 heavy (non-hydrogen) atoms. The third-order valence-corrected chi connectivity index (χ3v) is 15.1. The third kappa shape index (κ3) is 5.98. The lowest BCUT2D eigenvalue weighted by atomic mass is 9.79. The van der Waals surface area contributed by atoms with Gasteiger partial charge < -0.3 is 24.0 Å². The number of nitrogens with one attached hydrogen (secondary N) is 2. The van der Waals surface area contributed by atoms with Crippen molar-refractivity contribution in [3.8, 4) is 22.4 Å². The maximum atomic E-state index is 5.16. The van der Waals surface area contributed by atoms with E-state index in [9.17, 15) is 0 Å². The van der Waals surface area contributed by atoms with Gasteiger partial charge in [-0.2, -0.15) is 0 Å². The number of nitrogens with zero attached hydrogens (tertiary/aromatic N) is 9. The molecule has 1 fully saturated rings. The molecular formula is C54H51N11. The van der Waals surface area contributed by atoms with Crippen molar-refractivity contribution in [2.24, 2.45) is 14.1 Å². The Kier molecular flexibility index (Phi) is 8.46. The zero-order chi connectivity index (χ0) is 43.8. The summed E-state index contributed by atoms with van der Waals surface area (Å²) in [7, 11) is 6.49. The Morgan fingerprint density at radius 1 is 0.677 bits per heavy atom. The van der Waals surface area contributed by atoms with Crippen LogP contribution in [-0.2, 0) is 20.6 Å². The summed E-state index contributed by atoms with van der Waals surface area (Å²) in [4.78, 5) is 37.7. The van der Waals surface area contributed by atoms with Gasteiger partial charge in [-0.15, -0.1) is 0 Å². The van der Waals surface area contributed by atoms with E-state index in [-0.39, 0.29) is 17.9 Å². The SMILES string of the molecule is Cc1cc2c3c([nH]c2cn1)C(c1cc(C2CC4c5c([nH]c6cnc(C)nc56)C(c5nccnc5-c5ccc6c(ccn6C)c5)CN4C2)cc(C)c1-c1ccc2c(ccn2C)c1)CN(C)C3. The summed E-state index contributed by atoms with van der Waals surface area (Å²) in [6, 6.07) is 25.6. The molecule has 0 spiro atoms. The van der Waals surface area contributed by atoms with Crippen LogP contribution in [0.3, 0.4) is 0 Å². The van der Waals surface area contributed by atoms with Gasteiger partial charge in [0.1, 0.15) is 5.82 Å². The third-order valence-electron chi connectivity index (χ3n) is 15.1. The number of aromatic amines is 2. The molecule has 4 atom stereocenters. The summed E-state index contributed by atoms with van der Waals surface area (Å²) in [6.45, 7) is 10.0. The highest BCUT2D eigenvalue weighted by Gasteiger charge is 2.45. The summed E-state index contributed by atoms with van der Waals surface area (Å²) in [5.41, 5.74) is 21.5. The molecule has 0 aliphatic carbocycles. The summed E-state index contributed by atoms with van der Waals surface area (Å²) in [5, 5.41) is 3.74. The second kappa shape index (κ2) is 14.3. The largest absolute Gasteiger partial charge is 0.356 e. The van der Waals surface area contributed by atoms with E-state index >= 15 is 0 Å². The molecule has 2 N–H and O–H groups in total. The number of benzene rings is 3. The Hall–Kier alpha value is -6.95. The van der Waals surface area contributed by atoms with Gasteiger partial charge in [0.05, 0.1) is 46.2 Å². The zero-order valence-corrected chi connectivity index (χ0v) is 37.7. The number of aryl methyl sites for hydroxylation is 5. The highest BCUT2D eigenvalue weighted by atomic mass is 15.2. The molecule has 0 saturated carbocycles. The van der Waals surface area contributed by atoms with Crippen molar-refractivity contribution < 1.29 is 0 Å². The Balaban J connectivity index is 0.946. The first-order valence-electron chi connectivity index (χ1n) is 22.9. The quantitative estimate of drug-likeness (QED) is 0.177. The fourth-order valence-electron chi connectivity index (χ4n) is 12.1. The first-order valence-corrected chi connectivity index (χ1v) is 22.9. The Bertz CT molecular complexity index is 3570. The Morgan fingerprint density at radius 3 is 2.23 bits per heavy atom. The van der Waals surface area contributed by atoms with E-state index in [1.807, 2.05) is 31.7 Å². The number of hydrogen-bond donors (Lipinski definition) is 2. The first kappa shape index (κ1) is 38.5. The molecule has 11 heteroatoms. The van der Waals surface area contributed by atoms with E-state index in [0.29, 0.717) is 5.92 Å². The van der Waals surface area contributed by atoms with Crippen LogP contribution in [0, 0.1) is 20.8 Å². The molecule has 3 aliphatic heterocycles. The van der Waals surface area contributed by atoms with E-state index in [1.54, 1.807) is 0 Å². The van der Waals surface area contributed by atoms with Gasteiger partial charge in [-0.1, -0.05) is 24.3 Å². The van der Waals surface area contributed by atoms with E-state index in [4.69, 9.17) is 19.9 Å². The van der Waals surface area contributed by atoms with Gasteiger partial charge in [0.15, 0.2) is 0 Å². The predicted octanol–water partition coefficient (Wildman–Crippen LogP) is 10.1. The highest BCUT2D eigenvalue weighted by molar-refractivity contribution is 5.89. The lowest BCUT2D eigenvalue weighted by molar-refractivity contribution is 0.228. The molecule has 10 heterocycles. The summed E-state index contributed by atoms with van der Waals surface area (Å²) in [5.74, 6) is 1.20. The Morgan fingerprint density at radius 2 is 1.42 bits per heavy atom. The summed E-state index contributed by atoms with van der Waals surface area (Å²) >= 11 is 0. The van der Waals surface area contributed by atoms with Gasteiger partial charge in [-0.25, -0.2) is 9.97 Å². The fourth-order valence-corrected chi connectivity index (χ4v) is 12.1. The van der Waals surface area contributed by atoms with Gasteiger partial charge >= 0.3 is 0 Å². The number of pyridine rings is 1. The summed E-state index contributed by atoms with van der Waals surface area (Å²) < 4.78 is 4.37. The van der Waals surface area contributed by atoms with E-state index in [0.717, 1.165) is 77.6 Å². The topological polar surface area (TPSA) is 112 Å². The van der Waals surface area contributed by atoms with Crippen LogP contribution in [-0.4, -0.2) is 80.5 Å². The van der Waals surface area contributed by atoms with Crippen molar-refractivity contribution in [3.05, 3.63) is 160 Å². The predicted molar refractivity (Wildman–Crippen MR) is 258 cm³/mol. The molecule has 0 amide bonds. The highest BCUT2D eigenvalue weighted by Crippen LogP contribution is 2.52. The molecule has 322 valence electrons. The van der Waals surface area contributed by atoms with E-state index in [2.05, 4.69) is 148 Å². The average Bonchev–Trinajstić information content (AvgIpc) is 4.15. The van der Waals surface area contributed by atoms with Gasteiger partial charge in [0.2, 0.25) is 0 Å². The molecule has 10 aromatic rings. The number of hydrogen-bond acceptors (Lipinski definition) is 7. The number of fused-ring (bicyclic) bond motifs is 10. The molecule has 3 aromatic carbocycles. The van der Waals surface area contributed by atoms with Crippen molar-refractivity contribution in [3.63, 3.8) is 0 Å². The van der Waals surface area contributed by atoms with Gasteiger partial charge in [0, 0.05) is 132 Å². The second-order valence-electron chi connectivity index (χ2n) is 19.2. The van der Waals surface area contributed by atoms with Crippen LogP contribution in [0.2, 0.25) is 0 Å². The number of rotatable bonds is 5. The molecule has 4 unspecified atom stereocenters. The van der Waals surface area contributed by atoms with Crippen molar-refractivity contribution >= 4 is 43.7 Å². The van der Waals surface area contributed by atoms with Crippen LogP contribution in [0.5, 0.6) is 0 Å². The molecule has 7 aromatic heterocycles. The van der Waals surface area contributed by atoms with Crippen molar-refractivity contribution in [2.75, 3.05) is 26.7 Å². The summed E-state index contributed by atoms with van der Waals surface area (Å²) in [6.07, 6.45) is 12.9. The molecule has 3 aliphatic rings. The van der Waals surface area contributed by atoms with Crippen molar-refractivity contribution in [1.29, 1.82) is 0 Å². The van der Waals surface area contributed by atoms with Gasteiger partial charge in [0.25, 0.3) is 0 Å². The van der Waals surface area contributed by atoms with Crippen molar-refractivity contribution in [1.82, 2.24) is 53.8 Å². The number of likely N-dealkylation sites (N-methyl/N-ethyl adjacent to an activating group) is 1. The minimum absolute atomic E-state index is 0.0337. The van der Waals surface area contributed by atoms with Crippen LogP contribution in [0.25, 0.3) is 66.1 Å². The average molecular weight is 854 g/mol. The zero-order valence-electron chi connectivity index (χ0n) is 37.7. The standard InChI is InChI=1S/C54H51N11/c1-29-17-36(21-39(48(29)34-7-9-45-32(19-34)11-15-63(45)5)41-27-62(4)26-40-38-18-30(2)57-23-43(38)60-51(40)41)37-22-47-49-52(61-44-24-58-31(3)59-54(44)49)42(28-65(47)25-37)53-50(55-13-14-56-53)35-8-10-46-33(20-35)12-16-64(46)6/h7-21,23-24,37,41-42,47,60-61H,22,25-28H2,1-6H3. The lowest BCUT2D eigenvalue weighted by Crippen LogP contribution is -2.35. The monoisotopic (exact) mass is 853 g/mol. The van der Waals surface area contributed by atoms with Crippen molar-refractivity contribution in [2.45, 2.75) is 57.5 Å². The Labute approximate surface area is 377 Å². The van der Waals surface area contributed by atoms with E-state index < -0.39 is 0 Å². The van der Waals surface area contributed by atoms with E-state index in [1.165, 1.54) is 77.5 Å². The molecule has 0 radical (unpaired) electrons. The van der Waals surface area contributed by atoms with Gasteiger partial charge in [-0.3, -0.25) is 19.9 Å². The second-order valence-corrected chi connectivity index (χ2v) is 19.2. The normalized spacial score (nSPS) is 20.0. The lowest BCUT2D eigenvalue weighted by Gasteiger charge is -2.35. The number of H-pyrrole nitrogens is 2. The fraction of sp³-hybridized carbons (Fsp3) is 0.278. The minimum atomic E-state index is -0.0337. The van der Waals surface area contributed by atoms with Crippen LogP contribution in [0.4, 0.5) is 0 Å². The maximum absolute atomic E-state index is 5.16. The molecular weight excluding hydrogens is 803 g/mol. The smallest absolute Gasteiger partial charge is 0.126 e. The molecule has 13 rings (SSSR count). The van der Waals surface area contributed by atoms with Crippen LogP contribution in [0.15, 0.2) is 104 Å². The molecule has 1 saturated heterocycles. The van der Waals surface area contributed by atoms with Crippen LogP contribution < -0.4 is 0 Å². The molecule has 11 nitrogen and oxygen atoms in total. The maximum Gasteiger partial charge on any atom is 0.126 e. The van der Waals surface area contributed by atoms with Gasteiger partial charge in [-0.05, 0) is 116 Å². The van der Waals surface area contributed by atoms with Crippen LogP contribution >= 0.6 is 0 Å². The van der Waals surface area contributed by atoms with Crippen LogP contribution in [0.1, 0.15) is 86.6 Å². The minimum Gasteiger partial charge on any atom is -0.356 e. The number of aromatic nitrogens is 9.